The van der Waals surface area contributed by atoms with Crippen molar-refractivity contribution in [1.82, 2.24) is 25.1 Å². The second-order valence-electron chi connectivity index (χ2n) is 8.23. The minimum Gasteiger partial charge on any atom is -0.494 e. The summed E-state index contributed by atoms with van der Waals surface area (Å²) in [6.07, 6.45) is 2.41. The minimum atomic E-state index is -0.209. The number of tetrazole rings is 1. The van der Waals surface area contributed by atoms with Crippen molar-refractivity contribution in [1.29, 1.82) is 0 Å². The number of benzene rings is 1. The highest BCUT2D eigenvalue weighted by molar-refractivity contribution is 5.76. The van der Waals surface area contributed by atoms with E-state index in [4.69, 9.17) is 10.5 Å². The predicted octanol–water partition coefficient (Wildman–Crippen LogP) is 2.50. The molecule has 1 atom stereocenters. The fourth-order valence-electron chi connectivity index (χ4n) is 3.82. The Morgan fingerprint density at radius 1 is 1.24 bits per heavy atom. The van der Waals surface area contributed by atoms with Crippen LogP contribution in [0, 0.1) is 5.92 Å². The molecule has 8 nitrogen and oxygen atoms in total. The molecule has 29 heavy (non-hydrogen) atoms. The van der Waals surface area contributed by atoms with Crippen LogP contribution in [-0.2, 0) is 10.3 Å². The van der Waals surface area contributed by atoms with Gasteiger partial charge in [-0.3, -0.25) is 9.69 Å². The first-order valence-corrected chi connectivity index (χ1v) is 10.4. The average molecular weight is 401 g/mol. The molecule has 0 radical (unpaired) electrons. The second-order valence-corrected chi connectivity index (χ2v) is 8.23. The van der Waals surface area contributed by atoms with E-state index in [1.165, 1.54) is 0 Å². The van der Waals surface area contributed by atoms with Crippen molar-refractivity contribution in [3.63, 3.8) is 0 Å². The highest BCUT2D eigenvalue weighted by Crippen LogP contribution is 2.34. The molecular weight excluding hydrogens is 368 g/mol. The Morgan fingerprint density at radius 3 is 2.45 bits per heavy atom. The number of piperidine rings is 1. The maximum atomic E-state index is 11.6. The van der Waals surface area contributed by atoms with Crippen LogP contribution in [0.15, 0.2) is 24.3 Å². The number of amides is 1. The van der Waals surface area contributed by atoms with Crippen molar-refractivity contribution in [3.05, 3.63) is 35.7 Å². The first-order valence-electron chi connectivity index (χ1n) is 10.4. The van der Waals surface area contributed by atoms with Gasteiger partial charge in [-0.2, -0.15) is 0 Å². The largest absolute Gasteiger partial charge is 0.494 e. The maximum Gasteiger partial charge on any atom is 0.220 e. The van der Waals surface area contributed by atoms with Crippen LogP contribution in [0.1, 0.15) is 64.4 Å². The summed E-state index contributed by atoms with van der Waals surface area (Å²) in [6, 6.07) is 8.03. The fourth-order valence-corrected chi connectivity index (χ4v) is 3.82. The third-order valence-corrected chi connectivity index (χ3v) is 5.98. The van der Waals surface area contributed by atoms with Gasteiger partial charge in [0.1, 0.15) is 5.75 Å². The Kier molecular flexibility index (Phi) is 6.52. The number of hydrogen-bond acceptors (Lipinski definition) is 6. The molecule has 0 aliphatic carbocycles. The standard InChI is InChI=1S/C21H32N6O2/c1-5-21(3,4)27-20(23-24-25-27)18(15-7-9-17(10-8-15)29-6-2)26-13-11-16(12-14-26)19(22)28/h7-10,16,18H,5-6,11-14H2,1-4H3,(H2,22,28)/t18-/m1/s1. The molecule has 2 heterocycles. The summed E-state index contributed by atoms with van der Waals surface area (Å²) in [5.74, 6) is 1.39. The lowest BCUT2D eigenvalue weighted by molar-refractivity contribution is -0.123. The zero-order valence-electron chi connectivity index (χ0n) is 17.8. The fraction of sp³-hybridized carbons (Fsp3) is 0.619. The van der Waals surface area contributed by atoms with E-state index in [1.54, 1.807) is 0 Å². The number of likely N-dealkylation sites (tertiary alicyclic amines) is 1. The van der Waals surface area contributed by atoms with Gasteiger partial charge in [0.15, 0.2) is 5.82 Å². The van der Waals surface area contributed by atoms with E-state index in [0.717, 1.165) is 49.5 Å². The van der Waals surface area contributed by atoms with Crippen LogP contribution in [0.25, 0.3) is 0 Å². The van der Waals surface area contributed by atoms with E-state index in [9.17, 15) is 4.79 Å². The van der Waals surface area contributed by atoms with Gasteiger partial charge < -0.3 is 10.5 Å². The molecule has 0 saturated carbocycles. The summed E-state index contributed by atoms with van der Waals surface area (Å²) in [4.78, 5) is 14.0. The van der Waals surface area contributed by atoms with Gasteiger partial charge in [-0.25, -0.2) is 4.68 Å². The molecule has 1 aromatic carbocycles. The van der Waals surface area contributed by atoms with Gasteiger partial charge in [0.25, 0.3) is 0 Å². The SMILES string of the molecule is CCOc1ccc([C@H](c2nnnn2C(C)(C)CC)N2CCC(C(N)=O)CC2)cc1. The van der Waals surface area contributed by atoms with Gasteiger partial charge in [0.05, 0.1) is 18.2 Å². The Morgan fingerprint density at radius 2 is 1.90 bits per heavy atom. The van der Waals surface area contributed by atoms with E-state index in [0.29, 0.717) is 6.61 Å². The lowest BCUT2D eigenvalue weighted by atomic mass is 9.93. The zero-order valence-corrected chi connectivity index (χ0v) is 17.8. The molecule has 2 N–H and O–H groups in total. The predicted molar refractivity (Wildman–Crippen MR) is 110 cm³/mol. The van der Waals surface area contributed by atoms with Gasteiger partial charge >= 0.3 is 0 Å². The average Bonchev–Trinajstić information content (AvgIpc) is 3.20. The number of rotatable bonds is 8. The summed E-state index contributed by atoms with van der Waals surface area (Å²) in [7, 11) is 0. The number of aromatic nitrogens is 4. The van der Waals surface area contributed by atoms with E-state index in [-0.39, 0.29) is 23.4 Å². The summed E-state index contributed by atoms with van der Waals surface area (Å²) in [5.41, 5.74) is 6.44. The number of primary amides is 1. The molecular formula is C21H32N6O2. The third kappa shape index (κ3) is 4.58. The smallest absolute Gasteiger partial charge is 0.220 e. The Labute approximate surface area is 172 Å². The molecule has 1 aromatic heterocycles. The molecule has 2 aromatic rings. The topological polar surface area (TPSA) is 99.2 Å². The highest BCUT2D eigenvalue weighted by atomic mass is 16.5. The Hall–Kier alpha value is -2.48. The van der Waals surface area contributed by atoms with Crippen LogP contribution in [0.3, 0.4) is 0 Å². The van der Waals surface area contributed by atoms with E-state index < -0.39 is 0 Å². The highest BCUT2D eigenvalue weighted by Gasteiger charge is 2.35. The van der Waals surface area contributed by atoms with Crippen molar-refractivity contribution in [3.8, 4) is 5.75 Å². The molecule has 8 heteroatoms. The van der Waals surface area contributed by atoms with Crippen LogP contribution in [0.2, 0.25) is 0 Å². The number of carbonyl (C=O) groups excluding carboxylic acids is 1. The molecule has 0 unspecified atom stereocenters. The van der Waals surface area contributed by atoms with Crippen molar-refractivity contribution in [2.45, 2.75) is 58.5 Å². The Balaban J connectivity index is 1.97. The van der Waals surface area contributed by atoms with E-state index in [2.05, 4.69) is 53.3 Å². The van der Waals surface area contributed by atoms with E-state index in [1.807, 2.05) is 23.7 Å². The van der Waals surface area contributed by atoms with Gasteiger partial charge in [-0.05, 0) is 81.2 Å². The number of nitrogens with zero attached hydrogens (tertiary/aromatic N) is 5. The molecule has 1 aliphatic heterocycles. The van der Waals surface area contributed by atoms with Gasteiger partial charge in [0, 0.05) is 5.92 Å². The molecule has 1 fully saturated rings. The summed E-state index contributed by atoms with van der Waals surface area (Å²) in [6.45, 7) is 10.6. The Bertz CT molecular complexity index is 809. The number of hydrogen-bond donors (Lipinski definition) is 1. The van der Waals surface area contributed by atoms with Gasteiger partial charge in [-0.1, -0.05) is 19.1 Å². The van der Waals surface area contributed by atoms with Crippen LogP contribution in [0.4, 0.5) is 0 Å². The van der Waals surface area contributed by atoms with Crippen molar-refractivity contribution < 1.29 is 9.53 Å². The molecule has 158 valence electrons. The molecule has 1 saturated heterocycles. The quantitative estimate of drug-likeness (QED) is 0.731. The van der Waals surface area contributed by atoms with Crippen LogP contribution < -0.4 is 10.5 Å². The van der Waals surface area contributed by atoms with Crippen LogP contribution >= 0.6 is 0 Å². The molecule has 0 spiro atoms. The van der Waals surface area contributed by atoms with Gasteiger partial charge in [-0.15, -0.1) is 5.10 Å². The first-order chi connectivity index (χ1) is 13.9. The number of carbonyl (C=O) groups is 1. The maximum absolute atomic E-state index is 11.6. The molecule has 0 bridgehead atoms. The van der Waals surface area contributed by atoms with Gasteiger partial charge in [0.2, 0.25) is 5.91 Å². The van der Waals surface area contributed by atoms with Crippen molar-refractivity contribution in [2.24, 2.45) is 11.7 Å². The minimum absolute atomic E-state index is 0.0599. The molecule has 3 rings (SSSR count). The normalized spacial score (nSPS) is 17.2. The lowest BCUT2D eigenvalue weighted by Crippen LogP contribution is -2.42. The van der Waals surface area contributed by atoms with Crippen molar-refractivity contribution in [2.75, 3.05) is 19.7 Å². The third-order valence-electron chi connectivity index (χ3n) is 5.98. The summed E-state index contributed by atoms with van der Waals surface area (Å²) < 4.78 is 7.54. The second kappa shape index (κ2) is 8.90. The van der Waals surface area contributed by atoms with Crippen LogP contribution in [-0.4, -0.2) is 50.7 Å². The van der Waals surface area contributed by atoms with E-state index >= 15 is 0 Å². The zero-order chi connectivity index (χ0) is 21.0. The van der Waals surface area contributed by atoms with Crippen LogP contribution in [0.5, 0.6) is 5.75 Å². The first kappa shape index (κ1) is 21.2. The summed E-state index contributed by atoms with van der Waals surface area (Å²) >= 11 is 0. The lowest BCUT2D eigenvalue weighted by Gasteiger charge is -2.37. The monoisotopic (exact) mass is 400 g/mol. The molecule has 1 amide bonds. The number of ether oxygens (including phenoxy) is 1. The van der Waals surface area contributed by atoms with Crippen molar-refractivity contribution >= 4 is 5.91 Å². The number of nitrogens with two attached hydrogens (primary N) is 1. The molecule has 1 aliphatic rings. The summed E-state index contributed by atoms with van der Waals surface area (Å²) in [5, 5.41) is 12.8.